The number of aliphatic hydroxyl groups is 1. The number of hydrogen-bond donors (Lipinski definition) is 1. The Morgan fingerprint density at radius 3 is 2.86 bits per heavy atom. The van der Waals surface area contributed by atoms with Gasteiger partial charge in [-0.3, -0.25) is 4.90 Å². The van der Waals surface area contributed by atoms with E-state index < -0.39 is 6.10 Å². The molecular formula is C14H25N5O3. The van der Waals surface area contributed by atoms with Gasteiger partial charge in [-0.2, -0.15) is 0 Å². The second kappa shape index (κ2) is 7.01. The lowest BCUT2D eigenvalue weighted by atomic mass is 10.1. The molecule has 2 fully saturated rings. The van der Waals surface area contributed by atoms with E-state index in [1.54, 1.807) is 0 Å². The molecule has 0 bridgehead atoms. The Kier molecular flexibility index (Phi) is 5.04. The fourth-order valence-electron chi connectivity index (χ4n) is 3.18. The predicted octanol–water partition coefficient (Wildman–Crippen LogP) is -1.20. The van der Waals surface area contributed by atoms with Crippen molar-refractivity contribution in [2.45, 2.75) is 31.3 Å². The average Bonchev–Trinajstić information content (AvgIpc) is 3.07. The van der Waals surface area contributed by atoms with Gasteiger partial charge in [0.15, 0.2) is 0 Å². The van der Waals surface area contributed by atoms with Gasteiger partial charge in [0.25, 0.3) is 0 Å². The van der Waals surface area contributed by atoms with Gasteiger partial charge >= 0.3 is 0 Å². The lowest BCUT2D eigenvalue weighted by Crippen LogP contribution is -2.44. The van der Waals surface area contributed by atoms with E-state index in [1.807, 2.05) is 29.9 Å². The minimum atomic E-state index is -0.448. The van der Waals surface area contributed by atoms with E-state index in [4.69, 9.17) is 9.47 Å². The number of nitrogens with zero attached hydrogens (tertiary/aromatic N) is 5. The van der Waals surface area contributed by atoms with E-state index in [0.29, 0.717) is 13.2 Å². The first-order valence-electron chi connectivity index (χ1n) is 7.78. The summed E-state index contributed by atoms with van der Waals surface area (Å²) in [4.78, 5) is 4.32. The van der Waals surface area contributed by atoms with Crippen molar-refractivity contribution in [1.29, 1.82) is 0 Å². The Balaban J connectivity index is 1.57. The number of hydrogen-bond acceptors (Lipinski definition) is 7. The molecule has 8 heteroatoms. The highest BCUT2D eigenvalue weighted by Gasteiger charge is 2.38. The van der Waals surface area contributed by atoms with Crippen LogP contribution in [0.3, 0.4) is 0 Å². The molecule has 0 aromatic carbocycles. The molecule has 0 saturated carbocycles. The molecule has 3 heterocycles. The first kappa shape index (κ1) is 15.8. The molecule has 1 aromatic rings. The van der Waals surface area contributed by atoms with Crippen molar-refractivity contribution in [3.05, 3.63) is 11.9 Å². The molecule has 2 aliphatic rings. The maximum atomic E-state index is 10.00. The smallest absolute Gasteiger partial charge is 0.0967 e. The first-order valence-corrected chi connectivity index (χ1v) is 7.78. The molecule has 124 valence electrons. The van der Waals surface area contributed by atoms with E-state index in [-0.39, 0.29) is 12.1 Å². The Morgan fingerprint density at radius 2 is 2.14 bits per heavy atom. The highest BCUT2D eigenvalue weighted by Crippen LogP contribution is 2.20. The van der Waals surface area contributed by atoms with Crippen LogP contribution in [0.2, 0.25) is 0 Å². The normalized spacial score (nSPS) is 30.3. The summed E-state index contributed by atoms with van der Waals surface area (Å²) in [6.07, 6.45) is 1.45. The molecule has 0 unspecified atom stereocenters. The lowest BCUT2D eigenvalue weighted by Gasteiger charge is -2.26. The minimum absolute atomic E-state index is 0.00751. The Hall–Kier alpha value is -1.06. The number of aliphatic hydroxyl groups excluding tert-OH is 1. The SMILES string of the molecule is CN(C)[C@@H]1[C@@H](O)CO[C@@H]1Cn1cc(CN2CCOCC2)nn1. The van der Waals surface area contributed by atoms with Crippen LogP contribution in [0.4, 0.5) is 0 Å². The standard InChI is InChI=1S/C14H25N5O3/c1-17(2)14-12(20)10-22-13(14)9-19-8-11(15-16-19)7-18-3-5-21-6-4-18/h8,12-14,20H,3-7,9-10H2,1-2H3/t12-,13+,14+/m0/s1. The number of ether oxygens (including phenoxy) is 2. The van der Waals surface area contributed by atoms with E-state index in [1.165, 1.54) is 0 Å². The van der Waals surface area contributed by atoms with Crippen LogP contribution in [0.5, 0.6) is 0 Å². The lowest BCUT2D eigenvalue weighted by molar-refractivity contribution is 0.0336. The maximum absolute atomic E-state index is 10.00. The van der Waals surface area contributed by atoms with Gasteiger partial charge in [-0.05, 0) is 14.1 Å². The third-order valence-corrected chi connectivity index (χ3v) is 4.29. The van der Waals surface area contributed by atoms with Gasteiger partial charge in [-0.15, -0.1) is 5.10 Å². The Labute approximate surface area is 130 Å². The molecule has 0 radical (unpaired) electrons. The van der Waals surface area contributed by atoms with Gasteiger partial charge in [0, 0.05) is 25.8 Å². The molecular weight excluding hydrogens is 286 g/mol. The van der Waals surface area contributed by atoms with Crippen LogP contribution in [0.25, 0.3) is 0 Å². The van der Waals surface area contributed by atoms with E-state index in [2.05, 4.69) is 15.2 Å². The summed E-state index contributed by atoms with van der Waals surface area (Å²) in [5.41, 5.74) is 0.960. The molecule has 22 heavy (non-hydrogen) atoms. The monoisotopic (exact) mass is 311 g/mol. The summed E-state index contributed by atoms with van der Waals surface area (Å²) in [7, 11) is 3.92. The highest BCUT2D eigenvalue weighted by atomic mass is 16.5. The summed E-state index contributed by atoms with van der Waals surface area (Å²) < 4.78 is 12.9. The van der Waals surface area contributed by atoms with Crippen LogP contribution in [0.1, 0.15) is 5.69 Å². The van der Waals surface area contributed by atoms with Crippen LogP contribution in [0, 0.1) is 0 Å². The van der Waals surface area contributed by atoms with Crippen molar-refractivity contribution in [3.8, 4) is 0 Å². The van der Waals surface area contributed by atoms with E-state index >= 15 is 0 Å². The van der Waals surface area contributed by atoms with Crippen molar-refractivity contribution in [1.82, 2.24) is 24.8 Å². The number of rotatable bonds is 5. The largest absolute Gasteiger partial charge is 0.389 e. The van der Waals surface area contributed by atoms with Gasteiger partial charge in [0.1, 0.15) is 0 Å². The van der Waals surface area contributed by atoms with Gasteiger partial charge in [-0.25, -0.2) is 4.68 Å². The van der Waals surface area contributed by atoms with Crippen molar-refractivity contribution < 1.29 is 14.6 Å². The molecule has 1 aromatic heterocycles. The zero-order valence-electron chi connectivity index (χ0n) is 13.3. The third kappa shape index (κ3) is 3.64. The second-order valence-corrected chi connectivity index (χ2v) is 6.21. The van der Waals surface area contributed by atoms with Crippen LogP contribution in [-0.2, 0) is 22.6 Å². The maximum Gasteiger partial charge on any atom is 0.0967 e. The zero-order valence-corrected chi connectivity index (χ0v) is 13.3. The fraction of sp³-hybridized carbons (Fsp3) is 0.857. The summed E-state index contributed by atoms with van der Waals surface area (Å²) in [5, 5.41) is 18.4. The summed E-state index contributed by atoms with van der Waals surface area (Å²) in [6, 6.07) is -0.00751. The van der Waals surface area contributed by atoms with Crippen molar-refractivity contribution in [3.63, 3.8) is 0 Å². The van der Waals surface area contributed by atoms with Crippen LogP contribution in [-0.4, -0.2) is 95.2 Å². The van der Waals surface area contributed by atoms with Gasteiger partial charge in [0.2, 0.25) is 0 Å². The number of aromatic nitrogens is 3. The summed E-state index contributed by atoms with van der Waals surface area (Å²) in [6.45, 7) is 5.23. The molecule has 3 rings (SSSR count). The van der Waals surface area contributed by atoms with Crippen molar-refractivity contribution in [2.75, 3.05) is 47.0 Å². The molecule has 1 N–H and O–H groups in total. The highest BCUT2D eigenvalue weighted by molar-refractivity contribution is 4.95. The molecule has 0 aliphatic carbocycles. The average molecular weight is 311 g/mol. The van der Waals surface area contributed by atoms with Gasteiger partial charge in [-0.1, -0.05) is 5.21 Å². The Bertz CT molecular complexity index is 475. The molecule has 3 atom stereocenters. The van der Waals surface area contributed by atoms with Crippen molar-refractivity contribution >= 4 is 0 Å². The number of morpholine rings is 1. The molecule has 2 saturated heterocycles. The zero-order chi connectivity index (χ0) is 15.5. The molecule has 0 spiro atoms. The van der Waals surface area contributed by atoms with Gasteiger partial charge in [0.05, 0.1) is 50.3 Å². The van der Waals surface area contributed by atoms with Crippen LogP contribution in [0.15, 0.2) is 6.20 Å². The van der Waals surface area contributed by atoms with Crippen molar-refractivity contribution in [2.24, 2.45) is 0 Å². The molecule has 0 amide bonds. The molecule has 2 aliphatic heterocycles. The Morgan fingerprint density at radius 1 is 1.36 bits per heavy atom. The van der Waals surface area contributed by atoms with E-state index in [9.17, 15) is 5.11 Å². The predicted molar refractivity (Wildman–Crippen MR) is 79.3 cm³/mol. The quantitative estimate of drug-likeness (QED) is 0.732. The fourth-order valence-corrected chi connectivity index (χ4v) is 3.18. The van der Waals surface area contributed by atoms with Gasteiger partial charge < -0.3 is 19.5 Å². The minimum Gasteiger partial charge on any atom is -0.389 e. The topological polar surface area (TPSA) is 75.9 Å². The molecule has 8 nitrogen and oxygen atoms in total. The number of likely N-dealkylation sites (N-methyl/N-ethyl adjacent to an activating group) is 1. The first-order chi connectivity index (χ1) is 10.6. The third-order valence-electron chi connectivity index (χ3n) is 4.29. The van der Waals surface area contributed by atoms with Crippen LogP contribution < -0.4 is 0 Å². The summed E-state index contributed by atoms with van der Waals surface area (Å²) >= 11 is 0. The summed E-state index contributed by atoms with van der Waals surface area (Å²) in [5.74, 6) is 0. The second-order valence-electron chi connectivity index (χ2n) is 6.21. The van der Waals surface area contributed by atoms with E-state index in [0.717, 1.165) is 38.5 Å². The van der Waals surface area contributed by atoms with Crippen LogP contribution >= 0.6 is 0 Å².